The molecule has 0 spiro atoms. The Morgan fingerprint density at radius 1 is 1.78 bits per heavy atom. The molecular formula is C5H5ClN2O. The zero-order valence-electron chi connectivity index (χ0n) is 4.81. The molecule has 1 heterocycles. The van der Waals surface area contributed by atoms with E-state index in [2.05, 4.69) is 9.97 Å². The average molecular weight is 145 g/mol. The first kappa shape index (κ1) is 6.29. The van der Waals surface area contributed by atoms with Gasteiger partial charge in [-0.15, -0.1) is 0 Å². The third-order valence-electron chi connectivity index (χ3n) is 0.874. The van der Waals surface area contributed by atoms with Gasteiger partial charge in [-0.05, 0) is 6.92 Å². The largest absolute Gasteiger partial charge is 0.325 e. The van der Waals surface area contributed by atoms with Crippen molar-refractivity contribution in [1.29, 1.82) is 0 Å². The number of H-pyrrole nitrogens is 1. The molecule has 0 saturated carbocycles. The Hall–Kier alpha value is -0.830. The molecular weight excluding hydrogens is 140 g/mol. The van der Waals surface area contributed by atoms with Crippen molar-refractivity contribution in [1.82, 2.24) is 9.97 Å². The minimum atomic E-state index is -0.345. The number of halogens is 1. The van der Waals surface area contributed by atoms with Gasteiger partial charge in [0.05, 0.1) is 5.69 Å². The summed E-state index contributed by atoms with van der Waals surface area (Å²) in [4.78, 5) is 16.6. The van der Waals surface area contributed by atoms with E-state index in [0.29, 0.717) is 5.69 Å². The van der Waals surface area contributed by atoms with Gasteiger partial charge in [-0.25, -0.2) is 4.98 Å². The van der Waals surface area contributed by atoms with Crippen LogP contribution in [-0.4, -0.2) is 9.97 Å². The van der Waals surface area contributed by atoms with Gasteiger partial charge >= 0.3 is 0 Å². The van der Waals surface area contributed by atoms with E-state index in [9.17, 15) is 4.79 Å². The molecule has 0 saturated heterocycles. The second kappa shape index (κ2) is 2.19. The molecule has 0 aliphatic heterocycles. The highest BCUT2D eigenvalue weighted by Crippen LogP contribution is 1.93. The summed E-state index contributed by atoms with van der Waals surface area (Å²) < 4.78 is 0. The standard InChI is InChI=1S/C5H5ClN2O/c1-3-2-7-5(9)4(6)8-3/h2H,1H3,(H,7,9). The van der Waals surface area contributed by atoms with Gasteiger partial charge in [0, 0.05) is 6.20 Å². The SMILES string of the molecule is Cc1c[nH]c(=O)c(Cl)n1. The molecule has 48 valence electrons. The summed E-state index contributed by atoms with van der Waals surface area (Å²) in [5, 5.41) is -0.00463. The van der Waals surface area contributed by atoms with Crippen LogP contribution >= 0.6 is 11.6 Å². The van der Waals surface area contributed by atoms with Gasteiger partial charge < -0.3 is 4.98 Å². The first-order chi connectivity index (χ1) is 4.20. The molecule has 4 heteroatoms. The molecule has 3 nitrogen and oxygen atoms in total. The molecule has 0 unspecified atom stereocenters. The fourth-order valence-electron chi connectivity index (χ4n) is 0.467. The summed E-state index contributed by atoms with van der Waals surface area (Å²) in [5.74, 6) is 0. The zero-order valence-corrected chi connectivity index (χ0v) is 5.57. The third-order valence-corrected chi connectivity index (χ3v) is 1.13. The number of rotatable bonds is 0. The van der Waals surface area contributed by atoms with Crippen LogP contribution < -0.4 is 5.56 Å². The number of hydrogen-bond donors (Lipinski definition) is 1. The third kappa shape index (κ3) is 1.29. The van der Waals surface area contributed by atoms with Crippen LogP contribution in [0.4, 0.5) is 0 Å². The highest BCUT2D eigenvalue weighted by atomic mass is 35.5. The molecule has 0 fully saturated rings. The maximum absolute atomic E-state index is 10.5. The highest BCUT2D eigenvalue weighted by molar-refractivity contribution is 6.29. The van der Waals surface area contributed by atoms with Crippen LogP contribution in [0, 0.1) is 6.92 Å². The molecule has 0 aliphatic rings. The molecule has 9 heavy (non-hydrogen) atoms. The molecule has 0 aromatic carbocycles. The lowest BCUT2D eigenvalue weighted by atomic mass is 10.5. The van der Waals surface area contributed by atoms with E-state index in [0.717, 1.165) is 0 Å². The van der Waals surface area contributed by atoms with Crippen molar-refractivity contribution in [3.63, 3.8) is 0 Å². The second-order valence-electron chi connectivity index (χ2n) is 1.66. The smallest absolute Gasteiger partial charge is 0.285 e. The van der Waals surface area contributed by atoms with Crippen molar-refractivity contribution >= 4 is 11.6 Å². The predicted octanol–water partition coefficient (Wildman–Crippen LogP) is 0.732. The van der Waals surface area contributed by atoms with Crippen molar-refractivity contribution in [3.8, 4) is 0 Å². The van der Waals surface area contributed by atoms with E-state index < -0.39 is 0 Å². The molecule has 1 aromatic rings. The molecule has 1 N–H and O–H groups in total. The summed E-state index contributed by atoms with van der Waals surface area (Å²) in [6, 6.07) is 0. The van der Waals surface area contributed by atoms with Crippen LogP contribution in [0.5, 0.6) is 0 Å². The minimum absolute atomic E-state index is 0.00463. The van der Waals surface area contributed by atoms with Crippen molar-refractivity contribution < 1.29 is 0 Å². The van der Waals surface area contributed by atoms with E-state index in [-0.39, 0.29) is 10.7 Å². The van der Waals surface area contributed by atoms with Crippen molar-refractivity contribution in [2.45, 2.75) is 6.92 Å². The monoisotopic (exact) mass is 144 g/mol. The Kier molecular flexibility index (Phi) is 1.53. The highest BCUT2D eigenvalue weighted by Gasteiger charge is 1.93. The maximum Gasteiger partial charge on any atom is 0.285 e. The van der Waals surface area contributed by atoms with Crippen molar-refractivity contribution in [2.75, 3.05) is 0 Å². The summed E-state index contributed by atoms with van der Waals surface area (Å²) in [6.07, 6.45) is 1.51. The van der Waals surface area contributed by atoms with E-state index in [1.54, 1.807) is 6.92 Å². The fraction of sp³-hybridized carbons (Fsp3) is 0.200. The number of aryl methyl sites for hydroxylation is 1. The van der Waals surface area contributed by atoms with Gasteiger partial charge in [0.15, 0.2) is 5.15 Å². The molecule has 0 radical (unpaired) electrons. The van der Waals surface area contributed by atoms with Crippen LogP contribution in [0.3, 0.4) is 0 Å². The predicted molar refractivity (Wildman–Crippen MR) is 34.6 cm³/mol. The number of nitrogens with one attached hydrogen (secondary N) is 1. The van der Waals surface area contributed by atoms with Crippen molar-refractivity contribution in [2.24, 2.45) is 0 Å². The normalized spacial score (nSPS) is 9.56. The summed E-state index contributed by atoms with van der Waals surface area (Å²) in [7, 11) is 0. The Morgan fingerprint density at radius 2 is 2.44 bits per heavy atom. The lowest BCUT2D eigenvalue weighted by Crippen LogP contribution is -2.07. The van der Waals surface area contributed by atoms with Gasteiger partial charge in [0.2, 0.25) is 0 Å². The van der Waals surface area contributed by atoms with Crippen LogP contribution in [0.25, 0.3) is 0 Å². The van der Waals surface area contributed by atoms with Crippen LogP contribution in [0.2, 0.25) is 5.15 Å². The first-order valence-corrected chi connectivity index (χ1v) is 2.80. The lowest BCUT2D eigenvalue weighted by Gasteiger charge is -1.88. The first-order valence-electron chi connectivity index (χ1n) is 2.42. The number of aromatic nitrogens is 2. The fourth-order valence-corrected chi connectivity index (χ4v) is 0.655. The molecule has 1 aromatic heterocycles. The van der Waals surface area contributed by atoms with Crippen molar-refractivity contribution in [3.05, 3.63) is 27.4 Å². The summed E-state index contributed by atoms with van der Waals surface area (Å²) in [5.41, 5.74) is 0.363. The Morgan fingerprint density at radius 3 is 2.89 bits per heavy atom. The van der Waals surface area contributed by atoms with E-state index in [4.69, 9.17) is 11.6 Å². The topological polar surface area (TPSA) is 45.8 Å². The zero-order chi connectivity index (χ0) is 6.85. The Balaban J connectivity index is 3.34. The lowest BCUT2D eigenvalue weighted by molar-refractivity contribution is 1.07. The van der Waals surface area contributed by atoms with Gasteiger partial charge in [0.1, 0.15) is 0 Å². The van der Waals surface area contributed by atoms with Crippen LogP contribution in [0.15, 0.2) is 11.0 Å². The molecule has 1 rings (SSSR count). The number of aromatic amines is 1. The summed E-state index contributed by atoms with van der Waals surface area (Å²) in [6.45, 7) is 1.75. The number of nitrogens with zero attached hydrogens (tertiary/aromatic N) is 1. The average Bonchev–Trinajstić information content (AvgIpc) is 1.80. The second-order valence-corrected chi connectivity index (χ2v) is 2.02. The van der Waals surface area contributed by atoms with Gasteiger partial charge in [-0.2, -0.15) is 0 Å². The van der Waals surface area contributed by atoms with E-state index in [1.807, 2.05) is 0 Å². The molecule has 0 atom stereocenters. The molecule has 0 aliphatic carbocycles. The Bertz CT molecular complexity index is 268. The van der Waals surface area contributed by atoms with E-state index >= 15 is 0 Å². The van der Waals surface area contributed by atoms with Gasteiger partial charge in [-0.3, -0.25) is 4.79 Å². The minimum Gasteiger partial charge on any atom is -0.325 e. The summed E-state index contributed by atoms with van der Waals surface area (Å²) >= 11 is 5.36. The number of hydrogen-bond acceptors (Lipinski definition) is 2. The van der Waals surface area contributed by atoms with E-state index in [1.165, 1.54) is 6.20 Å². The van der Waals surface area contributed by atoms with Gasteiger partial charge in [0.25, 0.3) is 5.56 Å². The van der Waals surface area contributed by atoms with Crippen LogP contribution in [0.1, 0.15) is 5.69 Å². The Labute approximate surface area is 56.7 Å². The molecule has 0 bridgehead atoms. The maximum atomic E-state index is 10.5. The quantitative estimate of drug-likeness (QED) is 0.584. The molecule has 0 amide bonds. The van der Waals surface area contributed by atoms with Crippen LogP contribution in [-0.2, 0) is 0 Å². The van der Waals surface area contributed by atoms with Gasteiger partial charge in [-0.1, -0.05) is 11.6 Å².